The van der Waals surface area contributed by atoms with Gasteiger partial charge in [0.2, 0.25) is 0 Å². The monoisotopic (exact) mass is 347 g/mol. The molecule has 1 aromatic heterocycles. The van der Waals surface area contributed by atoms with Gasteiger partial charge in [0.15, 0.2) is 5.96 Å². The summed E-state index contributed by atoms with van der Waals surface area (Å²) in [5.41, 5.74) is 1.44. The lowest BCUT2D eigenvalue weighted by Crippen LogP contribution is -2.52. The third-order valence-electron chi connectivity index (χ3n) is 5.49. The van der Waals surface area contributed by atoms with Crippen molar-refractivity contribution >= 4 is 5.96 Å². The molecule has 6 heteroatoms. The van der Waals surface area contributed by atoms with E-state index in [4.69, 9.17) is 9.52 Å². The van der Waals surface area contributed by atoms with Crippen LogP contribution in [0.1, 0.15) is 51.0 Å². The van der Waals surface area contributed by atoms with Crippen LogP contribution in [0.4, 0.5) is 0 Å². The second-order valence-electron chi connectivity index (χ2n) is 7.88. The van der Waals surface area contributed by atoms with Gasteiger partial charge < -0.3 is 14.7 Å². The van der Waals surface area contributed by atoms with Crippen molar-refractivity contribution < 1.29 is 4.52 Å². The molecular weight excluding hydrogens is 314 g/mol. The Labute approximate surface area is 151 Å². The van der Waals surface area contributed by atoms with Crippen molar-refractivity contribution in [3.63, 3.8) is 0 Å². The van der Waals surface area contributed by atoms with Gasteiger partial charge in [-0.1, -0.05) is 24.9 Å². The zero-order chi connectivity index (χ0) is 17.7. The van der Waals surface area contributed by atoms with E-state index < -0.39 is 0 Å². The number of aliphatic imine (C=N–C) groups is 1. The Morgan fingerprint density at radius 2 is 2.00 bits per heavy atom. The van der Waals surface area contributed by atoms with E-state index in [1.165, 1.54) is 25.7 Å². The molecule has 3 rings (SSSR count). The standard InChI is InChI=1S/C19H33N5O/c1-4-20-18(21-15-19(3)7-5-6-8-19)24-11-9-23(10-12-24)14-17-13-16(2)25-22-17/h13H,4-12,14-15H2,1-3H3,(H,20,21). The molecule has 0 amide bonds. The van der Waals surface area contributed by atoms with E-state index in [1.807, 2.05) is 13.0 Å². The third kappa shape index (κ3) is 4.97. The number of hydrogen-bond acceptors (Lipinski definition) is 4. The van der Waals surface area contributed by atoms with Crippen LogP contribution in [-0.4, -0.2) is 60.2 Å². The fourth-order valence-electron chi connectivity index (χ4n) is 3.92. The molecule has 2 heterocycles. The summed E-state index contributed by atoms with van der Waals surface area (Å²) >= 11 is 0. The van der Waals surface area contributed by atoms with Crippen molar-refractivity contribution in [2.24, 2.45) is 10.4 Å². The third-order valence-corrected chi connectivity index (χ3v) is 5.49. The average molecular weight is 348 g/mol. The predicted octanol–water partition coefficient (Wildman–Crippen LogP) is 2.65. The fraction of sp³-hybridized carbons (Fsp3) is 0.789. The average Bonchev–Trinajstić information content (AvgIpc) is 3.21. The van der Waals surface area contributed by atoms with Gasteiger partial charge in [-0.15, -0.1) is 0 Å². The maximum Gasteiger partial charge on any atom is 0.194 e. The summed E-state index contributed by atoms with van der Waals surface area (Å²) in [5, 5.41) is 7.60. The summed E-state index contributed by atoms with van der Waals surface area (Å²) < 4.78 is 5.17. The van der Waals surface area contributed by atoms with E-state index in [2.05, 4.69) is 34.1 Å². The largest absolute Gasteiger partial charge is 0.361 e. The highest BCUT2D eigenvalue weighted by atomic mass is 16.5. The van der Waals surface area contributed by atoms with E-state index in [9.17, 15) is 0 Å². The van der Waals surface area contributed by atoms with E-state index >= 15 is 0 Å². The zero-order valence-corrected chi connectivity index (χ0v) is 16.1. The van der Waals surface area contributed by atoms with Gasteiger partial charge in [0.1, 0.15) is 5.76 Å². The SMILES string of the molecule is CCNC(=NCC1(C)CCCC1)N1CCN(Cc2cc(C)on2)CC1. The van der Waals surface area contributed by atoms with Crippen LogP contribution in [0.15, 0.2) is 15.6 Å². The van der Waals surface area contributed by atoms with Crippen molar-refractivity contribution in [2.45, 2.75) is 53.0 Å². The Morgan fingerprint density at radius 1 is 1.28 bits per heavy atom. The summed E-state index contributed by atoms with van der Waals surface area (Å²) in [6.45, 7) is 13.3. The van der Waals surface area contributed by atoms with Crippen LogP contribution in [0.3, 0.4) is 0 Å². The quantitative estimate of drug-likeness (QED) is 0.655. The first-order chi connectivity index (χ1) is 12.1. The zero-order valence-electron chi connectivity index (χ0n) is 16.1. The maximum absolute atomic E-state index is 5.17. The highest BCUT2D eigenvalue weighted by molar-refractivity contribution is 5.80. The molecule has 1 aliphatic heterocycles. The van der Waals surface area contributed by atoms with Crippen LogP contribution < -0.4 is 5.32 Å². The Morgan fingerprint density at radius 3 is 2.60 bits per heavy atom. The van der Waals surface area contributed by atoms with Crippen LogP contribution in [0.2, 0.25) is 0 Å². The summed E-state index contributed by atoms with van der Waals surface area (Å²) in [4.78, 5) is 9.84. The van der Waals surface area contributed by atoms with Gasteiger partial charge in [-0.2, -0.15) is 0 Å². The first-order valence-electron chi connectivity index (χ1n) is 9.76. The molecule has 1 N–H and O–H groups in total. The lowest BCUT2D eigenvalue weighted by molar-refractivity contribution is 0.168. The number of aromatic nitrogens is 1. The minimum atomic E-state index is 0.410. The molecule has 0 atom stereocenters. The van der Waals surface area contributed by atoms with Gasteiger partial charge in [-0.25, -0.2) is 0 Å². The number of nitrogens with zero attached hydrogens (tertiary/aromatic N) is 4. The van der Waals surface area contributed by atoms with E-state index in [0.29, 0.717) is 5.41 Å². The molecule has 0 radical (unpaired) electrons. The number of aryl methyl sites for hydroxylation is 1. The molecule has 0 spiro atoms. The molecule has 0 bridgehead atoms. The lowest BCUT2D eigenvalue weighted by Gasteiger charge is -2.36. The number of nitrogens with one attached hydrogen (secondary N) is 1. The van der Waals surface area contributed by atoms with Gasteiger partial charge in [0.05, 0.1) is 5.69 Å². The lowest BCUT2D eigenvalue weighted by atomic mass is 9.89. The molecule has 1 saturated carbocycles. The van der Waals surface area contributed by atoms with Crippen LogP contribution in [-0.2, 0) is 6.54 Å². The molecule has 2 aliphatic rings. The molecule has 25 heavy (non-hydrogen) atoms. The Balaban J connectivity index is 1.53. The predicted molar refractivity (Wildman–Crippen MR) is 101 cm³/mol. The van der Waals surface area contributed by atoms with E-state index in [0.717, 1.165) is 63.2 Å². The second kappa shape index (κ2) is 8.21. The fourth-order valence-corrected chi connectivity index (χ4v) is 3.92. The molecule has 1 aliphatic carbocycles. The van der Waals surface area contributed by atoms with Gasteiger partial charge in [0, 0.05) is 51.9 Å². The number of rotatable bonds is 5. The minimum absolute atomic E-state index is 0.410. The maximum atomic E-state index is 5.17. The molecule has 0 unspecified atom stereocenters. The highest BCUT2D eigenvalue weighted by Crippen LogP contribution is 2.37. The molecule has 1 aromatic rings. The van der Waals surface area contributed by atoms with Gasteiger partial charge >= 0.3 is 0 Å². The van der Waals surface area contributed by atoms with E-state index in [1.54, 1.807) is 0 Å². The van der Waals surface area contributed by atoms with Crippen LogP contribution >= 0.6 is 0 Å². The topological polar surface area (TPSA) is 56.9 Å². The van der Waals surface area contributed by atoms with Crippen LogP contribution in [0.25, 0.3) is 0 Å². The van der Waals surface area contributed by atoms with Crippen LogP contribution in [0.5, 0.6) is 0 Å². The smallest absolute Gasteiger partial charge is 0.194 e. The molecule has 2 fully saturated rings. The first-order valence-corrected chi connectivity index (χ1v) is 9.76. The summed E-state index contributed by atoms with van der Waals surface area (Å²) in [6.07, 6.45) is 5.37. The summed E-state index contributed by atoms with van der Waals surface area (Å²) in [7, 11) is 0. The summed E-state index contributed by atoms with van der Waals surface area (Å²) in [6, 6.07) is 2.03. The highest BCUT2D eigenvalue weighted by Gasteiger charge is 2.29. The number of piperazine rings is 1. The van der Waals surface area contributed by atoms with E-state index in [-0.39, 0.29) is 0 Å². The van der Waals surface area contributed by atoms with Crippen molar-refractivity contribution in [1.29, 1.82) is 0 Å². The Hall–Kier alpha value is -1.56. The normalized spacial score (nSPS) is 21.7. The van der Waals surface area contributed by atoms with Gasteiger partial charge in [-0.05, 0) is 32.1 Å². The molecule has 6 nitrogen and oxygen atoms in total. The Kier molecular flexibility index (Phi) is 5.99. The molecule has 0 aromatic carbocycles. The van der Waals surface area contributed by atoms with Gasteiger partial charge in [0.25, 0.3) is 0 Å². The Bertz CT molecular complexity index is 568. The molecule has 140 valence electrons. The van der Waals surface area contributed by atoms with Crippen molar-refractivity contribution in [3.8, 4) is 0 Å². The van der Waals surface area contributed by atoms with Crippen molar-refractivity contribution in [2.75, 3.05) is 39.3 Å². The second-order valence-corrected chi connectivity index (χ2v) is 7.88. The van der Waals surface area contributed by atoms with Gasteiger partial charge in [-0.3, -0.25) is 9.89 Å². The number of hydrogen-bond donors (Lipinski definition) is 1. The van der Waals surface area contributed by atoms with Crippen molar-refractivity contribution in [1.82, 2.24) is 20.3 Å². The van der Waals surface area contributed by atoms with Crippen LogP contribution in [0, 0.1) is 12.3 Å². The minimum Gasteiger partial charge on any atom is -0.361 e. The summed E-state index contributed by atoms with van der Waals surface area (Å²) in [5.74, 6) is 1.98. The first kappa shape index (κ1) is 18.2. The molecule has 1 saturated heterocycles. The number of guanidine groups is 1. The van der Waals surface area contributed by atoms with Crippen molar-refractivity contribution in [3.05, 3.63) is 17.5 Å². The molecular formula is C19H33N5O.